The molecule has 2 rings (SSSR count). The van der Waals surface area contributed by atoms with Gasteiger partial charge in [-0.25, -0.2) is 0 Å². The van der Waals surface area contributed by atoms with Crippen molar-refractivity contribution in [3.8, 4) is 0 Å². The molecule has 19 heavy (non-hydrogen) atoms. The number of pyridine rings is 1. The zero-order valence-electron chi connectivity index (χ0n) is 12.1. The van der Waals surface area contributed by atoms with Crippen LogP contribution in [-0.4, -0.2) is 14.8 Å². The maximum atomic E-state index is 4.40. The van der Waals surface area contributed by atoms with Gasteiger partial charge in [0.05, 0.1) is 11.7 Å². The van der Waals surface area contributed by atoms with Gasteiger partial charge in [0.25, 0.3) is 0 Å². The topological polar surface area (TPSA) is 42.7 Å². The Balaban J connectivity index is 1.94. The molecule has 0 fully saturated rings. The Morgan fingerprint density at radius 1 is 1.32 bits per heavy atom. The van der Waals surface area contributed by atoms with Crippen LogP contribution in [0.3, 0.4) is 0 Å². The maximum absolute atomic E-state index is 4.40. The Kier molecular flexibility index (Phi) is 4.00. The van der Waals surface area contributed by atoms with Crippen LogP contribution in [0, 0.1) is 0 Å². The van der Waals surface area contributed by atoms with Gasteiger partial charge in [0, 0.05) is 36.7 Å². The second-order valence-electron chi connectivity index (χ2n) is 5.85. The molecule has 1 N–H and O–H groups in total. The fraction of sp³-hybridized carbons (Fsp3) is 0.467. The van der Waals surface area contributed by atoms with Gasteiger partial charge in [0.15, 0.2) is 0 Å². The molecule has 0 saturated carbocycles. The summed E-state index contributed by atoms with van der Waals surface area (Å²) in [5, 5.41) is 7.89. The predicted octanol–water partition coefficient (Wildman–Crippen LogP) is 2.88. The molecule has 0 aliphatic carbocycles. The molecule has 102 valence electrons. The normalized spacial score (nSPS) is 13.5. The van der Waals surface area contributed by atoms with E-state index >= 15 is 0 Å². The molecule has 0 aliphatic heterocycles. The summed E-state index contributed by atoms with van der Waals surface area (Å²) in [4.78, 5) is 4.14. The van der Waals surface area contributed by atoms with Gasteiger partial charge in [-0.2, -0.15) is 5.10 Å². The first kappa shape index (κ1) is 13.7. The van der Waals surface area contributed by atoms with E-state index in [9.17, 15) is 0 Å². The minimum atomic E-state index is 0.0349. The SMILES string of the molecule is C[C@H](NCc1cnn(C(C)(C)C)c1)c1cccnc1. The van der Waals surface area contributed by atoms with Crippen molar-refractivity contribution >= 4 is 0 Å². The summed E-state index contributed by atoms with van der Waals surface area (Å²) in [5.74, 6) is 0. The number of hydrogen-bond acceptors (Lipinski definition) is 3. The van der Waals surface area contributed by atoms with Crippen molar-refractivity contribution in [3.05, 3.63) is 48.0 Å². The Morgan fingerprint density at radius 2 is 2.11 bits per heavy atom. The number of aromatic nitrogens is 3. The second kappa shape index (κ2) is 5.53. The van der Waals surface area contributed by atoms with E-state index in [0.29, 0.717) is 0 Å². The molecule has 4 heteroatoms. The van der Waals surface area contributed by atoms with Crippen LogP contribution in [0.15, 0.2) is 36.9 Å². The quantitative estimate of drug-likeness (QED) is 0.917. The largest absolute Gasteiger partial charge is 0.306 e. The molecule has 0 aromatic carbocycles. The molecule has 2 heterocycles. The Bertz CT molecular complexity index is 510. The first-order chi connectivity index (χ1) is 8.97. The zero-order chi connectivity index (χ0) is 13.9. The summed E-state index contributed by atoms with van der Waals surface area (Å²) in [6, 6.07) is 4.33. The van der Waals surface area contributed by atoms with Gasteiger partial charge >= 0.3 is 0 Å². The van der Waals surface area contributed by atoms with Crippen LogP contribution >= 0.6 is 0 Å². The predicted molar refractivity (Wildman–Crippen MR) is 76.7 cm³/mol. The van der Waals surface area contributed by atoms with Crippen molar-refractivity contribution in [1.29, 1.82) is 0 Å². The molecule has 0 bridgehead atoms. The van der Waals surface area contributed by atoms with Crippen molar-refractivity contribution in [3.63, 3.8) is 0 Å². The molecule has 2 aromatic rings. The van der Waals surface area contributed by atoms with Crippen LogP contribution in [0.4, 0.5) is 0 Å². The molecule has 0 aliphatic rings. The van der Waals surface area contributed by atoms with Crippen LogP contribution in [0.25, 0.3) is 0 Å². The molecule has 0 saturated heterocycles. The lowest BCUT2D eigenvalue weighted by Gasteiger charge is -2.18. The highest BCUT2D eigenvalue weighted by Gasteiger charge is 2.14. The summed E-state index contributed by atoms with van der Waals surface area (Å²) in [6.07, 6.45) is 7.72. The van der Waals surface area contributed by atoms with Gasteiger partial charge < -0.3 is 5.32 Å². The van der Waals surface area contributed by atoms with Gasteiger partial charge in [0.2, 0.25) is 0 Å². The minimum absolute atomic E-state index is 0.0349. The van der Waals surface area contributed by atoms with Crippen LogP contribution in [0.2, 0.25) is 0 Å². The third-order valence-corrected chi connectivity index (χ3v) is 3.12. The summed E-state index contributed by atoms with van der Waals surface area (Å²) in [6.45, 7) is 9.40. The van der Waals surface area contributed by atoms with E-state index in [1.165, 1.54) is 11.1 Å². The van der Waals surface area contributed by atoms with Crippen LogP contribution in [-0.2, 0) is 12.1 Å². The van der Waals surface area contributed by atoms with E-state index in [4.69, 9.17) is 0 Å². The van der Waals surface area contributed by atoms with Gasteiger partial charge in [-0.15, -0.1) is 0 Å². The molecule has 4 nitrogen and oxygen atoms in total. The first-order valence-corrected chi connectivity index (χ1v) is 6.64. The highest BCUT2D eigenvalue weighted by atomic mass is 15.3. The summed E-state index contributed by atoms with van der Waals surface area (Å²) in [5.41, 5.74) is 2.43. The lowest BCUT2D eigenvalue weighted by Crippen LogP contribution is -2.22. The summed E-state index contributed by atoms with van der Waals surface area (Å²) >= 11 is 0. The van der Waals surface area contributed by atoms with Crippen molar-refractivity contribution < 1.29 is 0 Å². The highest BCUT2D eigenvalue weighted by molar-refractivity contribution is 5.13. The fourth-order valence-electron chi connectivity index (χ4n) is 1.84. The molecule has 0 radical (unpaired) electrons. The minimum Gasteiger partial charge on any atom is -0.306 e. The van der Waals surface area contributed by atoms with Crippen LogP contribution < -0.4 is 5.32 Å². The van der Waals surface area contributed by atoms with E-state index in [1.807, 2.05) is 23.1 Å². The lowest BCUT2D eigenvalue weighted by atomic mass is 10.1. The molecular weight excluding hydrogens is 236 g/mol. The van der Waals surface area contributed by atoms with Crippen molar-refractivity contribution in [2.45, 2.75) is 45.8 Å². The smallest absolute Gasteiger partial charge is 0.0543 e. The maximum Gasteiger partial charge on any atom is 0.0543 e. The number of nitrogens with zero attached hydrogens (tertiary/aromatic N) is 3. The van der Waals surface area contributed by atoms with Crippen molar-refractivity contribution in [2.75, 3.05) is 0 Å². The molecule has 0 unspecified atom stereocenters. The van der Waals surface area contributed by atoms with E-state index in [1.54, 1.807) is 6.20 Å². The lowest BCUT2D eigenvalue weighted by molar-refractivity contribution is 0.355. The first-order valence-electron chi connectivity index (χ1n) is 6.64. The summed E-state index contributed by atoms with van der Waals surface area (Å²) in [7, 11) is 0. The van der Waals surface area contributed by atoms with Gasteiger partial charge in [0.1, 0.15) is 0 Å². The monoisotopic (exact) mass is 258 g/mol. The fourth-order valence-corrected chi connectivity index (χ4v) is 1.84. The number of nitrogens with one attached hydrogen (secondary N) is 1. The average molecular weight is 258 g/mol. The zero-order valence-corrected chi connectivity index (χ0v) is 12.1. The average Bonchev–Trinajstić information content (AvgIpc) is 2.86. The van der Waals surface area contributed by atoms with Crippen LogP contribution in [0.5, 0.6) is 0 Å². The standard InChI is InChI=1S/C15H22N4/c1-12(14-6-5-7-16-10-14)17-8-13-9-18-19(11-13)15(2,3)4/h5-7,9-12,17H,8H2,1-4H3/t12-/m0/s1. The van der Waals surface area contributed by atoms with Gasteiger partial charge in [-0.05, 0) is 39.3 Å². The van der Waals surface area contributed by atoms with E-state index in [-0.39, 0.29) is 11.6 Å². The number of rotatable bonds is 4. The second-order valence-corrected chi connectivity index (χ2v) is 5.85. The molecule has 0 spiro atoms. The van der Waals surface area contributed by atoms with Crippen molar-refractivity contribution in [2.24, 2.45) is 0 Å². The molecule has 1 atom stereocenters. The Morgan fingerprint density at radius 3 is 2.68 bits per heavy atom. The third kappa shape index (κ3) is 3.64. The van der Waals surface area contributed by atoms with Gasteiger partial charge in [-0.1, -0.05) is 6.07 Å². The number of hydrogen-bond donors (Lipinski definition) is 1. The Hall–Kier alpha value is -1.68. The third-order valence-electron chi connectivity index (χ3n) is 3.12. The van der Waals surface area contributed by atoms with E-state index in [2.05, 4.69) is 55.4 Å². The molecular formula is C15H22N4. The van der Waals surface area contributed by atoms with Crippen molar-refractivity contribution in [1.82, 2.24) is 20.1 Å². The molecule has 2 aromatic heterocycles. The van der Waals surface area contributed by atoms with E-state index < -0.39 is 0 Å². The molecule has 0 amide bonds. The summed E-state index contributed by atoms with van der Waals surface area (Å²) < 4.78 is 2.00. The van der Waals surface area contributed by atoms with Crippen LogP contribution in [0.1, 0.15) is 44.9 Å². The Labute approximate surface area is 114 Å². The van der Waals surface area contributed by atoms with E-state index in [0.717, 1.165) is 6.54 Å². The van der Waals surface area contributed by atoms with Gasteiger partial charge in [-0.3, -0.25) is 9.67 Å². The highest BCUT2D eigenvalue weighted by Crippen LogP contribution is 2.14.